The molecule has 1 aliphatic rings. The van der Waals surface area contributed by atoms with Crippen molar-refractivity contribution in [2.24, 2.45) is 0 Å². The van der Waals surface area contributed by atoms with Crippen LogP contribution in [0, 0.1) is 15.3 Å². The Morgan fingerprint density at radius 3 is 2.34 bits per heavy atom. The number of benzene rings is 1. The SMILES string of the molecule is CC(C)(C)Oc1ccc(O[C@@H]2C[C@](C)(CCCCCCCCn3cnc([N+](=O)[O-])c3)[N@+]([O-])(C(=O)O)C2)cc1. The molecule has 2 aromatic rings. The van der Waals surface area contributed by atoms with Gasteiger partial charge in [-0.2, -0.15) is 4.79 Å². The van der Waals surface area contributed by atoms with E-state index in [0.717, 1.165) is 38.5 Å². The summed E-state index contributed by atoms with van der Waals surface area (Å²) in [5, 5.41) is 33.9. The van der Waals surface area contributed by atoms with Crippen molar-refractivity contribution in [2.75, 3.05) is 6.54 Å². The van der Waals surface area contributed by atoms with Gasteiger partial charge in [0, 0.05) is 19.4 Å². The fourth-order valence-electron chi connectivity index (χ4n) is 5.08. The molecular formula is C27H40N4O7. The van der Waals surface area contributed by atoms with Crippen LogP contribution >= 0.6 is 0 Å². The molecular weight excluding hydrogens is 492 g/mol. The quantitative estimate of drug-likeness (QED) is 0.104. The van der Waals surface area contributed by atoms with Crippen LogP contribution in [0.1, 0.15) is 79.1 Å². The van der Waals surface area contributed by atoms with Crippen molar-refractivity contribution in [2.45, 2.75) is 103 Å². The third-order valence-corrected chi connectivity index (χ3v) is 7.05. The average molecular weight is 533 g/mol. The molecule has 11 heteroatoms. The third-order valence-electron chi connectivity index (χ3n) is 7.05. The lowest BCUT2D eigenvalue weighted by atomic mass is 9.90. The molecule has 3 rings (SSSR count). The summed E-state index contributed by atoms with van der Waals surface area (Å²) in [4.78, 5) is 26.0. The number of amides is 1. The van der Waals surface area contributed by atoms with Gasteiger partial charge < -0.3 is 34.5 Å². The highest BCUT2D eigenvalue weighted by molar-refractivity contribution is 5.58. The molecule has 1 N–H and O–H groups in total. The van der Waals surface area contributed by atoms with Gasteiger partial charge in [0.05, 0.1) is 0 Å². The average Bonchev–Trinajstić information content (AvgIpc) is 3.39. The third kappa shape index (κ3) is 7.67. The van der Waals surface area contributed by atoms with E-state index in [0.29, 0.717) is 30.9 Å². The van der Waals surface area contributed by atoms with Gasteiger partial charge in [-0.1, -0.05) is 25.7 Å². The van der Waals surface area contributed by atoms with Crippen molar-refractivity contribution in [1.29, 1.82) is 0 Å². The van der Waals surface area contributed by atoms with Crippen LogP contribution in [0.25, 0.3) is 0 Å². The van der Waals surface area contributed by atoms with Crippen LogP contribution in [0.2, 0.25) is 0 Å². The van der Waals surface area contributed by atoms with E-state index in [1.165, 1.54) is 12.5 Å². The molecule has 1 aromatic carbocycles. The minimum atomic E-state index is -1.37. The number of nitrogens with zero attached hydrogens (tertiary/aromatic N) is 4. The topological polar surface area (TPSA) is 140 Å². The number of nitro groups is 1. The van der Waals surface area contributed by atoms with E-state index < -0.39 is 27.3 Å². The molecule has 38 heavy (non-hydrogen) atoms. The summed E-state index contributed by atoms with van der Waals surface area (Å²) in [6.07, 6.45) is 7.49. The highest BCUT2D eigenvalue weighted by atomic mass is 16.6. The van der Waals surface area contributed by atoms with E-state index in [4.69, 9.17) is 9.47 Å². The van der Waals surface area contributed by atoms with Gasteiger partial charge >= 0.3 is 11.9 Å². The van der Waals surface area contributed by atoms with Gasteiger partial charge in [-0.3, -0.25) is 4.65 Å². The molecule has 1 saturated heterocycles. The second-order valence-corrected chi connectivity index (χ2v) is 11.4. The second-order valence-electron chi connectivity index (χ2n) is 11.4. The Balaban J connectivity index is 1.43. The number of unbranched alkanes of at least 4 members (excludes halogenated alkanes) is 5. The van der Waals surface area contributed by atoms with Gasteiger partial charge in [0.2, 0.25) is 6.33 Å². The van der Waals surface area contributed by atoms with Crippen molar-refractivity contribution in [3.63, 3.8) is 0 Å². The number of aromatic nitrogens is 2. The van der Waals surface area contributed by atoms with Crippen LogP contribution in [-0.4, -0.2) is 54.1 Å². The van der Waals surface area contributed by atoms with E-state index in [-0.39, 0.29) is 18.0 Å². The van der Waals surface area contributed by atoms with Crippen LogP contribution in [-0.2, 0) is 6.54 Å². The molecule has 1 fully saturated rings. The Hall–Kier alpha value is -3.18. The Labute approximate surface area is 223 Å². The maximum Gasteiger partial charge on any atom is 0.514 e. The standard InChI is InChI=1S/C27H40N4O7/c1-26(2,3)38-22-13-11-21(12-14-22)37-23-17-27(4,31(36,19-23)25(32)33)15-9-7-5-6-8-10-16-29-18-24(28-20-29)30(34)35/h11-14,18,20,23H,5-10,15-17,19H2,1-4H3,(H,32,33)/t23-,27+,31-/m1/s1. The lowest BCUT2D eigenvalue weighted by Gasteiger charge is -2.45. The second kappa shape index (κ2) is 12.1. The molecule has 3 atom stereocenters. The predicted octanol–water partition coefficient (Wildman–Crippen LogP) is 6.30. The first kappa shape index (κ1) is 29.4. The van der Waals surface area contributed by atoms with Crippen molar-refractivity contribution >= 4 is 11.9 Å². The summed E-state index contributed by atoms with van der Waals surface area (Å²) < 4.78 is 12.3. The maximum atomic E-state index is 13.4. The van der Waals surface area contributed by atoms with Gasteiger partial charge in [0.1, 0.15) is 35.4 Å². The van der Waals surface area contributed by atoms with Crippen LogP contribution in [0.4, 0.5) is 10.6 Å². The van der Waals surface area contributed by atoms with Gasteiger partial charge in [0.25, 0.3) is 0 Å². The Morgan fingerprint density at radius 1 is 1.16 bits per heavy atom. The molecule has 0 spiro atoms. The molecule has 11 nitrogen and oxygen atoms in total. The van der Waals surface area contributed by atoms with Crippen LogP contribution in [0.5, 0.6) is 11.5 Å². The zero-order valence-corrected chi connectivity index (χ0v) is 22.8. The highest BCUT2D eigenvalue weighted by Gasteiger charge is 2.56. The summed E-state index contributed by atoms with van der Waals surface area (Å²) in [6.45, 7) is 8.22. The van der Waals surface area contributed by atoms with Crippen LogP contribution < -0.4 is 9.47 Å². The number of likely N-dealkylation sites (tertiary alicyclic amines) is 1. The number of rotatable bonds is 13. The number of hydrogen-bond donors (Lipinski definition) is 1. The maximum absolute atomic E-state index is 13.4. The van der Waals surface area contributed by atoms with Crippen LogP contribution in [0.3, 0.4) is 0 Å². The normalized spacial score (nSPS) is 23.3. The Bertz CT molecular complexity index is 1080. The summed E-state index contributed by atoms with van der Waals surface area (Å²) >= 11 is 0. The highest BCUT2D eigenvalue weighted by Crippen LogP contribution is 2.42. The van der Waals surface area contributed by atoms with Crippen molar-refractivity contribution in [3.05, 3.63) is 52.1 Å². The number of hydroxylamine groups is 3. The first-order valence-corrected chi connectivity index (χ1v) is 13.3. The number of carbonyl (C=O) groups is 1. The largest absolute Gasteiger partial charge is 0.622 e. The molecule has 1 amide bonds. The molecule has 0 bridgehead atoms. The summed E-state index contributed by atoms with van der Waals surface area (Å²) in [7, 11) is 0. The van der Waals surface area contributed by atoms with E-state index in [1.54, 1.807) is 23.6 Å². The molecule has 0 saturated carbocycles. The molecule has 0 unspecified atom stereocenters. The monoisotopic (exact) mass is 532 g/mol. The molecule has 0 aliphatic carbocycles. The zero-order chi connectivity index (χ0) is 28.0. The summed E-state index contributed by atoms with van der Waals surface area (Å²) in [5.41, 5.74) is -1.27. The van der Waals surface area contributed by atoms with Gasteiger partial charge in [0.15, 0.2) is 6.10 Å². The number of quaternary nitrogens is 1. The predicted molar refractivity (Wildman–Crippen MR) is 142 cm³/mol. The van der Waals surface area contributed by atoms with E-state index in [1.807, 2.05) is 32.9 Å². The minimum Gasteiger partial charge on any atom is -0.622 e. The summed E-state index contributed by atoms with van der Waals surface area (Å²) in [6, 6.07) is 7.19. The van der Waals surface area contributed by atoms with E-state index in [9.17, 15) is 25.2 Å². The van der Waals surface area contributed by atoms with Gasteiger partial charge in [-0.15, -0.1) is 0 Å². The molecule has 1 aromatic heterocycles. The Kier molecular flexibility index (Phi) is 9.37. The number of hydrogen-bond acceptors (Lipinski definition) is 7. The lowest BCUT2D eigenvalue weighted by molar-refractivity contribution is -0.848. The van der Waals surface area contributed by atoms with Crippen molar-refractivity contribution in [1.82, 2.24) is 9.55 Å². The summed E-state index contributed by atoms with van der Waals surface area (Å²) in [5.74, 6) is 1.16. The van der Waals surface area contributed by atoms with Crippen molar-refractivity contribution in [3.8, 4) is 11.5 Å². The van der Waals surface area contributed by atoms with E-state index >= 15 is 0 Å². The Morgan fingerprint density at radius 2 is 1.76 bits per heavy atom. The number of imidazole rings is 1. The molecule has 1 aliphatic heterocycles. The lowest BCUT2D eigenvalue weighted by Crippen LogP contribution is -2.58. The van der Waals surface area contributed by atoms with E-state index in [2.05, 4.69) is 4.98 Å². The number of carboxylic acid groups (broad SMARTS) is 1. The van der Waals surface area contributed by atoms with Crippen LogP contribution in [0.15, 0.2) is 36.8 Å². The first-order chi connectivity index (χ1) is 17.8. The van der Waals surface area contributed by atoms with Gasteiger partial charge in [-0.05, 0) is 74.7 Å². The minimum absolute atomic E-state index is 0.127. The molecule has 210 valence electrons. The fraction of sp³-hybridized carbons (Fsp3) is 0.630. The zero-order valence-electron chi connectivity index (χ0n) is 22.8. The molecule has 0 radical (unpaired) electrons. The first-order valence-electron chi connectivity index (χ1n) is 13.3. The fourth-order valence-corrected chi connectivity index (χ4v) is 5.08. The van der Waals surface area contributed by atoms with Crippen molar-refractivity contribution < 1.29 is 28.9 Å². The van der Waals surface area contributed by atoms with Gasteiger partial charge in [-0.25, -0.2) is 0 Å². The smallest absolute Gasteiger partial charge is 0.514 e. The number of aryl methyl sites for hydroxylation is 1. The number of ether oxygens (including phenoxy) is 2. The molecule has 2 heterocycles.